The van der Waals surface area contributed by atoms with Crippen LogP contribution in [0, 0.1) is 0 Å². The van der Waals surface area contributed by atoms with E-state index in [4.69, 9.17) is 4.74 Å². The summed E-state index contributed by atoms with van der Waals surface area (Å²) in [7, 11) is 0. The molecule has 0 radical (unpaired) electrons. The quantitative estimate of drug-likeness (QED) is 0.777. The Kier molecular flexibility index (Phi) is 3.02. The number of morpholine rings is 1. The minimum Gasteiger partial charge on any atom is -0.379 e. The first kappa shape index (κ1) is 12.6. The Labute approximate surface area is 121 Å². The lowest BCUT2D eigenvalue weighted by Gasteiger charge is -2.26. The van der Waals surface area contributed by atoms with Gasteiger partial charge in [0.05, 0.1) is 24.2 Å². The Morgan fingerprint density at radius 3 is 2.86 bits per heavy atom. The first-order valence-corrected chi connectivity index (χ1v) is 7.23. The third-order valence-corrected chi connectivity index (χ3v) is 4.06. The number of ether oxygens (including phenoxy) is 1. The van der Waals surface area contributed by atoms with Crippen LogP contribution in [0.15, 0.2) is 41.3 Å². The second-order valence-corrected chi connectivity index (χ2v) is 5.46. The SMILES string of the molecule is O=c1[nH]c2ccc(CN3CCOCC3)cc2n2cccc12. The molecule has 1 saturated heterocycles. The van der Waals surface area contributed by atoms with Crippen molar-refractivity contribution in [3.63, 3.8) is 0 Å². The number of rotatable bonds is 2. The van der Waals surface area contributed by atoms with Crippen molar-refractivity contribution >= 4 is 16.6 Å². The van der Waals surface area contributed by atoms with Crippen LogP contribution in [0.1, 0.15) is 5.56 Å². The average Bonchev–Trinajstić information content (AvgIpc) is 3.00. The number of hydrogen-bond acceptors (Lipinski definition) is 3. The third-order valence-electron chi connectivity index (χ3n) is 4.06. The van der Waals surface area contributed by atoms with E-state index in [-0.39, 0.29) is 5.56 Å². The molecule has 0 saturated carbocycles. The van der Waals surface area contributed by atoms with Gasteiger partial charge in [-0.3, -0.25) is 9.69 Å². The summed E-state index contributed by atoms with van der Waals surface area (Å²) in [5, 5.41) is 0. The fourth-order valence-corrected chi connectivity index (χ4v) is 2.96. The zero-order chi connectivity index (χ0) is 14.2. The molecule has 4 rings (SSSR count). The van der Waals surface area contributed by atoms with Crippen molar-refractivity contribution in [3.8, 4) is 0 Å². The second kappa shape index (κ2) is 5.02. The van der Waals surface area contributed by atoms with E-state index in [2.05, 4.69) is 22.0 Å². The predicted molar refractivity (Wildman–Crippen MR) is 81.6 cm³/mol. The highest BCUT2D eigenvalue weighted by Gasteiger charge is 2.11. The van der Waals surface area contributed by atoms with E-state index in [1.165, 1.54) is 5.56 Å². The molecule has 0 aliphatic carbocycles. The van der Waals surface area contributed by atoms with Crippen LogP contribution in [0.25, 0.3) is 16.6 Å². The number of aromatic nitrogens is 2. The van der Waals surface area contributed by atoms with Gasteiger partial charge in [-0.05, 0) is 29.8 Å². The largest absolute Gasteiger partial charge is 0.379 e. The van der Waals surface area contributed by atoms with Crippen molar-refractivity contribution < 1.29 is 4.74 Å². The maximum Gasteiger partial charge on any atom is 0.272 e. The van der Waals surface area contributed by atoms with E-state index in [9.17, 15) is 4.79 Å². The molecule has 3 heterocycles. The lowest BCUT2D eigenvalue weighted by atomic mass is 10.1. The minimum atomic E-state index is -0.0478. The van der Waals surface area contributed by atoms with Crippen molar-refractivity contribution in [2.24, 2.45) is 0 Å². The number of nitrogens with zero attached hydrogens (tertiary/aromatic N) is 2. The van der Waals surface area contributed by atoms with Crippen LogP contribution < -0.4 is 5.56 Å². The van der Waals surface area contributed by atoms with Crippen LogP contribution in [0.2, 0.25) is 0 Å². The van der Waals surface area contributed by atoms with Gasteiger partial charge in [0.15, 0.2) is 0 Å². The summed E-state index contributed by atoms with van der Waals surface area (Å²) >= 11 is 0. The van der Waals surface area contributed by atoms with Gasteiger partial charge in [0.25, 0.3) is 5.56 Å². The van der Waals surface area contributed by atoms with E-state index >= 15 is 0 Å². The monoisotopic (exact) mass is 283 g/mol. The van der Waals surface area contributed by atoms with Crippen molar-refractivity contribution in [1.82, 2.24) is 14.3 Å². The van der Waals surface area contributed by atoms with Crippen LogP contribution in [0.5, 0.6) is 0 Å². The summed E-state index contributed by atoms with van der Waals surface area (Å²) in [4.78, 5) is 17.3. The highest BCUT2D eigenvalue weighted by Crippen LogP contribution is 2.16. The van der Waals surface area contributed by atoms with Crippen LogP contribution in [0.4, 0.5) is 0 Å². The summed E-state index contributed by atoms with van der Waals surface area (Å²) in [6.07, 6.45) is 1.94. The van der Waals surface area contributed by atoms with E-state index in [1.54, 1.807) is 0 Å². The molecule has 1 aromatic carbocycles. The van der Waals surface area contributed by atoms with Gasteiger partial charge in [-0.2, -0.15) is 0 Å². The minimum absolute atomic E-state index is 0.0478. The lowest BCUT2D eigenvalue weighted by molar-refractivity contribution is 0.0342. The van der Waals surface area contributed by atoms with Crippen LogP contribution in [0.3, 0.4) is 0 Å². The molecule has 5 heteroatoms. The summed E-state index contributed by atoms with van der Waals surface area (Å²) in [5.74, 6) is 0. The fraction of sp³-hybridized carbons (Fsp3) is 0.312. The molecule has 1 aliphatic rings. The molecule has 3 aromatic rings. The maximum atomic E-state index is 12.0. The Bertz CT molecular complexity index is 843. The van der Waals surface area contributed by atoms with E-state index in [1.807, 2.05) is 28.8 Å². The smallest absolute Gasteiger partial charge is 0.272 e. The summed E-state index contributed by atoms with van der Waals surface area (Å²) in [5.41, 5.74) is 3.81. The van der Waals surface area contributed by atoms with E-state index in [0.29, 0.717) is 5.52 Å². The van der Waals surface area contributed by atoms with E-state index < -0.39 is 0 Å². The first-order valence-electron chi connectivity index (χ1n) is 7.23. The van der Waals surface area contributed by atoms with Gasteiger partial charge in [-0.25, -0.2) is 0 Å². The summed E-state index contributed by atoms with van der Waals surface area (Å²) in [6.45, 7) is 4.48. The molecule has 0 atom stereocenters. The Morgan fingerprint density at radius 1 is 1.14 bits per heavy atom. The fourth-order valence-electron chi connectivity index (χ4n) is 2.96. The molecule has 5 nitrogen and oxygen atoms in total. The first-order chi connectivity index (χ1) is 10.3. The van der Waals surface area contributed by atoms with Gasteiger partial charge in [0.1, 0.15) is 5.52 Å². The van der Waals surface area contributed by atoms with E-state index in [0.717, 1.165) is 43.9 Å². The molecular weight excluding hydrogens is 266 g/mol. The van der Waals surface area contributed by atoms with Crippen molar-refractivity contribution in [3.05, 3.63) is 52.4 Å². The molecule has 1 fully saturated rings. The van der Waals surface area contributed by atoms with Gasteiger partial charge < -0.3 is 14.1 Å². The molecule has 108 valence electrons. The van der Waals surface area contributed by atoms with Gasteiger partial charge in [0, 0.05) is 25.8 Å². The summed E-state index contributed by atoms with van der Waals surface area (Å²) < 4.78 is 7.34. The zero-order valence-corrected chi connectivity index (χ0v) is 11.7. The van der Waals surface area contributed by atoms with Crippen molar-refractivity contribution in [1.29, 1.82) is 0 Å². The Balaban J connectivity index is 1.77. The number of nitrogens with one attached hydrogen (secondary N) is 1. The molecule has 1 N–H and O–H groups in total. The molecule has 0 bridgehead atoms. The maximum absolute atomic E-state index is 12.0. The topological polar surface area (TPSA) is 49.7 Å². The Morgan fingerprint density at radius 2 is 2.00 bits per heavy atom. The number of benzene rings is 1. The molecule has 21 heavy (non-hydrogen) atoms. The molecule has 0 unspecified atom stereocenters. The number of fused-ring (bicyclic) bond motifs is 3. The Hall–Kier alpha value is -2.11. The van der Waals surface area contributed by atoms with Gasteiger partial charge >= 0.3 is 0 Å². The molecule has 0 amide bonds. The van der Waals surface area contributed by atoms with Crippen molar-refractivity contribution in [2.75, 3.05) is 26.3 Å². The summed E-state index contributed by atoms with van der Waals surface area (Å²) in [6, 6.07) is 9.98. The predicted octanol–water partition coefficient (Wildman–Crippen LogP) is 1.61. The average molecular weight is 283 g/mol. The normalized spacial score (nSPS) is 16.8. The van der Waals surface area contributed by atoms with Gasteiger partial charge in [-0.15, -0.1) is 0 Å². The molecule has 2 aromatic heterocycles. The van der Waals surface area contributed by atoms with Gasteiger partial charge in [0.2, 0.25) is 0 Å². The van der Waals surface area contributed by atoms with Crippen molar-refractivity contribution in [2.45, 2.75) is 6.54 Å². The number of H-pyrrole nitrogens is 1. The van der Waals surface area contributed by atoms with Crippen LogP contribution >= 0.6 is 0 Å². The lowest BCUT2D eigenvalue weighted by Crippen LogP contribution is -2.35. The zero-order valence-electron chi connectivity index (χ0n) is 11.7. The second-order valence-electron chi connectivity index (χ2n) is 5.46. The molecule has 0 spiro atoms. The standard InChI is InChI=1S/C16H17N3O2/c20-16-14-2-1-5-19(14)15-10-12(3-4-13(15)17-16)11-18-6-8-21-9-7-18/h1-5,10H,6-9,11H2,(H,17,20). The number of aromatic amines is 1. The van der Waals surface area contributed by atoms with Crippen LogP contribution in [-0.4, -0.2) is 40.6 Å². The van der Waals surface area contributed by atoms with Crippen LogP contribution in [-0.2, 0) is 11.3 Å². The molecule has 1 aliphatic heterocycles. The number of hydrogen-bond donors (Lipinski definition) is 1. The highest BCUT2D eigenvalue weighted by atomic mass is 16.5. The molecular formula is C16H17N3O2. The third kappa shape index (κ3) is 2.24. The van der Waals surface area contributed by atoms with Gasteiger partial charge in [-0.1, -0.05) is 6.07 Å². The highest BCUT2D eigenvalue weighted by molar-refractivity contribution is 5.78.